The molecule has 0 bridgehead atoms. The van der Waals surface area contributed by atoms with E-state index in [-0.39, 0.29) is 5.46 Å². The van der Waals surface area contributed by atoms with Gasteiger partial charge < -0.3 is 10.0 Å². The number of hydrogen-bond donors (Lipinski definition) is 2. The van der Waals surface area contributed by atoms with Crippen molar-refractivity contribution >= 4 is 12.6 Å². The van der Waals surface area contributed by atoms with E-state index in [1.165, 1.54) is 10.7 Å². The van der Waals surface area contributed by atoms with Gasteiger partial charge in [-0.3, -0.25) is 0 Å². The molecule has 2 aromatic heterocycles. The van der Waals surface area contributed by atoms with E-state index in [2.05, 4.69) is 10.1 Å². The van der Waals surface area contributed by atoms with E-state index in [0.29, 0.717) is 5.82 Å². The zero-order valence-electron chi connectivity index (χ0n) is 8.50. The van der Waals surface area contributed by atoms with Crippen molar-refractivity contribution in [3.63, 3.8) is 0 Å². The summed E-state index contributed by atoms with van der Waals surface area (Å²) < 4.78 is 14.6. The lowest BCUT2D eigenvalue weighted by Crippen LogP contribution is -2.33. The molecular formula is C9H9BFN3O2. The molecule has 2 aromatic rings. The third-order valence-electron chi connectivity index (χ3n) is 2.11. The molecule has 7 heteroatoms. The van der Waals surface area contributed by atoms with Crippen LogP contribution < -0.4 is 5.46 Å². The number of rotatable bonds is 2. The maximum Gasteiger partial charge on any atom is 0.491 e. The normalized spacial score (nSPS) is 10.5. The number of aromatic nitrogens is 3. The lowest BCUT2D eigenvalue weighted by atomic mass is 9.80. The second-order valence-corrected chi connectivity index (χ2v) is 3.34. The zero-order valence-corrected chi connectivity index (χ0v) is 8.50. The van der Waals surface area contributed by atoms with E-state index in [0.717, 1.165) is 11.9 Å². The first-order valence-electron chi connectivity index (χ1n) is 4.62. The molecule has 0 aliphatic heterocycles. The molecule has 2 rings (SSSR count). The average Bonchev–Trinajstić information content (AvgIpc) is 2.65. The predicted molar refractivity (Wildman–Crippen MR) is 55.9 cm³/mol. The van der Waals surface area contributed by atoms with Gasteiger partial charge in [-0.05, 0) is 19.1 Å². The minimum atomic E-state index is -1.86. The van der Waals surface area contributed by atoms with Crippen LogP contribution in [0, 0.1) is 12.7 Å². The maximum atomic E-state index is 13.1. The molecule has 0 spiro atoms. The summed E-state index contributed by atoms with van der Waals surface area (Å²) in [5.74, 6) is -0.430. The van der Waals surface area contributed by atoms with E-state index in [4.69, 9.17) is 10.0 Å². The average molecular weight is 221 g/mol. The van der Waals surface area contributed by atoms with Crippen molar-refractivity contribution in [3.8, 4) is 5.82 Å². The Hall–Kier alpha value is -1.73. The van der Waals surface area contributed by atoms with Crippen LogP contribution in [0.5, 0.6) is 0 Å². The van der Waals surface area contributed by atoms with Crippen molar-refractivity contribution in [2.75, 3.05) is 0 Å². The molecule has 0 aromatic carbocycles. The summed E-state index contributed by atoms with van der Waals surface area (Å²) in [7, 11) is -1.86. The van der Waals surface area contributed by atoms with Gasteiger partial charge in [-0.1, -0.05) is 0 Å². The van der Waals surface area contributed by atoms with Gasteiger partial charge >= 0.3 is 7.12 Å². The highest BCUT2D eigenvalue weighted by Crippen LogP contribution is 2.04. The fraction of sp³-hybridized carbons (Fsp3) is 0.111. The molecule has 0 aliphatic rings. The number of hydrogen-bond acceptors (Lipinski definition) is 4. The molecule has 2 N–H and O–H groups in total. The van der Waals surface area contributed by atoms with Crippen LogP contribution in [-0.4, -0.2) is 31.9 Å². The summed E-state index contributed by atoms with van der Waals surface area (Å²) in [4.78, 5) is 3.81. The molecular weight excluding hydrogens is 212 g/mol. The Morgan fingerprint density at radius 2 is 2.19 bits per heavy atom. The van der Waals surface area contributed by atoms with Gasteiger partial charge in [0.05, 0.1) is 11.9 Å². The Labute approximate surface area is 91.3 Å². The molecule has 82 valence electrons. The molecule has 0 unspecified atom stereocenters. The monoisotopic (exact) mass is 221 g/mol. The Morgan fingerprint density at radius 1 is 1.44 bits per heavy atom. The summed E-state index contributed by atoms with van der Waals surface area (Å²) in [6.45, 7) is 1.81. The van der Waals surface area contributed by atoms with E-state index < -0.39 is 12.9 Å². The van der Waals surface area contributed by atoms with Crippen LogP contribution in [0.3, 0.4) is 0 Å². The van der Waals surface area contributed by atoms with E-state index in [1.54, 1.807) is 12.3 Å². The fourth-order valence-corrected chi connectivity index (χ4v) is 1.31. The first-order chi connectivity index (χ1) is 7.58. The van der Waals surface area contributed by atoms with E-state index in [9.17, 15) is 4.39 Å². The largest absolute Gasteiger partial charge is 0.491 e. The van der Waals surface area contributed by atoms with Gasteiger partial charge in [0.25, 0.3) is 0 Å². The summed E-state index contributed by atoms with van der Waals surface area (Å²) in [6.07, 6.45) is 2.59. The van der Waals surface area contributed by atoms with Crippen LogP contribution in [0.2, 0.25) is 0 Å². The second kappa shape index (κ2) is 4.03. The molecule has 0 aliphatic carbocycles. The molecule has 0 saturated carbocycles. The minimum Gasteiger partial charge on any atom is -0.423 e. The second-order valence-electron chi connectivity index (χ2n) is 3.34. The van der Waals surface area contributed by atoms with Crippen molar-refractivity contribution in [1.82, 2.24) is 14.8 Å². The van der Waals surface area contributed by atoms with Gasteiger partial charge in [-0.25, -0.2) is 14.1 Å². The maximum absolute atomic E-state index is 13.1. The van der Waals surface area contributed by atoms with Gasteiger partial charge in [0.1, 0.15) is 5.82 Å². The Kier molecular flexibility index (Phi) is 2.72. The van der Waals surface area contributed by atoms with Gasteiger partial charge in [-0.2, -0.15) is 5.10 Å². The zero-order chi connectivity index (χ0) is 11.7. The topological polar surface area (TPSA) is 71.2 Å². The smallest absolute Gasteiger partial charge is 0.423 e. The quantitative estimate of drug-likeness (QED) is 0.664. The van der Waals surface area contributed by atoms with Gasteiger partial charge in [0.15, 0.2) is 5.82 Å². The molecule has 0 amide bonds. The summed E-state index contributed by atoms with van der Waals surface area (Å²) in [6, 6.07) is 3.01. The summed E-state index contributed by atoms with van der Waals surface area (Å²) in [5.41, 5.74) is 0.565. The van der Waals surface area contributed by atoms with Crippen molar-refractivity contribution in [2.24, 2.45) is 0 Å². The SMILES string of the molecule is Cc1ccn(-c2cc(B(O)O)c(F)cn2)n1. The Balaban J connectivity index is 2.47. The predicted octanol–water partition coefficient (Wildman–Crippen LogP) is -0.605. The van der Waals surface area contributed by atoms with Crippen molar-refractivity contribution in [1.29, 1.82) is 0 Å². The molecule has 0 fully saturated rings. The standard InChI is InChI=1S/C9H9BFN3O2/c1-6-2-3-14(13-6)9-4-7(10(15)16)8(11)5-12-9/h2-5,15-16H,1H3. The van der Waals surface area contributed by atoms with Gasteiger partial charge in [0, 0.05) is 11.7 Å². The molecule has 0 atom stereocenters. The third-order valence-corrected chi connectivity index (χ3v) is 2.11. The Morgan fingerprint density at radius 3 is 2.75 bits per heavy atom. The van der Waals surface area contributed by atoms with Crippen molar-refractivity contribution in [3.05, 3.63) is 36.0 Å². The number of pyridine rings is 1. The molecule has 2 heterocycles. The lowest BCUT2D eigenvalue weighted by molar-refractivity contribution is 0.422. The van der Waals surface area contributed by atoms with Crippen LogP contribution in [-0.2, 0) is 0 Å². The van der Waals surface area contributed by atoms with Crippen LogP contribution in [0.25, 0.3) is 5.82 Å². The van der Waals surface area contributed by atoms with Crippen LogP contribution in [0.4, 0.5) is 4.39 Å². The molecule has 16 heavy (non-hydrogen) atoms. The van der Waals surface area contributed by atoms with Gasteiger partial charge in [-0.15, -0.1) is 0 Å². The first kappa shape index (κ1) is 10.8. The molecule has 0 saturated heterocycles. The number of aryl methyl sites for hydroxylation is 1. The van der Waals surface area contributed by atoms with Gasteiger partial charge in [0.2, 0.25) is 0 Å². The molecule has 0 radical (unpaired) electrons. The Bertz CT molecular complexity index is 515. The third kappa shape index (κ3) is 1.95. The summed E-state index contributed by atoms with van der Waals surface area (Å²) >= 11 is 0. The van der Waals surface area contributed by atoms with Crippen molar-refractivity contribution < 1.29 is 14.4 Å². The van der Waals surface area contributed by atoms with Crippen LogP contribution >= 0.6 is 0 Å². The lowest BCUT2D eigenvalue weighted by Gasteiger charge is -2.04. The highest BCUT2D eigenvalue weighted by atomic mass is 19.1. The molecule has 5 nitrogen and oxygen atoms in total. The van der Waals surface area contributed by atoms with Crippen LogP contribution in [0.15, 0.2) is 24.5 Å². The van der Waals surface area contributed by atoms with E-state index >= 15 is 0 Å². The van der Waals surface area contributed by atoms with Crippen LogP contribution in [0.1, 0.15) is 5.69 Å². The van der Waals surface area contributed by atoms with Crippen molar-refractivity contribution in [2.45, 2.75) is 6.92 Å². The highest BCUT2D eigenvalue weighted by Gasteiger charge is 2.18. The fourth-order valence-electron chi connectivity index (χ4n) is 1.31. The first-order valence-corrected chi connectivity index (χ1v) is 4.62. The minimum absolute atomic E-state index is 0.224. The number of nitrogens with zero attached hydrogens (tertiary/aromatic N) is 3. The summed E-state index contributed by atoms with van der Waals surface area (Å²) in [5, 5.41) is 22.0. The van der Waals surface area contributed by atoms with E-state index in [1.807, 2.05) is 6.92 Å². The number of halogens is 1. The highest BCUT2D eigenvalue weighted by molar-refractivity contribution is 6.58.